The fourth-order valence-corrected chi connectivity index (χ4v) is 2.83. The first-order valence-electron chi connectivity index (χ1n) is 6.97. The number of nitrogens with two attached hydrogens (primary N) is 1. The monoisotopic (exact) mass is 280 g/mol. The Bertz CT molecular complexity index is 419. The molecule has 0 aliphatic carbocycles. The zero-order valence-corrected chi connectivity index (χ0v) is 11.9. The highest BCUT2D eigenvalue weighted by Gasteiger charge is 2.25. The fraction of sp³-hybridized carbons (Fsp3) is 0.533. The third kappa shape index (κ3) is 3.71. The molecule has 1 aliphatic rings. The maximum absolute atomic E-state index is 12.2. The van der Waals surface area contributed by atoms with Gasteiger partial charge in [0, 0.05) is 24.5 Å². The molecule has 2 N–H and O–H groups in total. The van der Waals surface area contributed by atoms with Gasteiger partial charge in [0.1, 0.15) is 0 Å². The molecule has 0 bridgehead atoms. The van der Waals surface area contributed by atoms with Crippen LogP contribution in [0.5, 0.6) is 0 Å². The number of carbonyl (C=O) groups is 1. The molecular weight excluding hydrogens is 260 g/mol. The van der Waals surface area contributed by atoms with E-state index < -0.39 is 0 Å². The second-order valence-electron chi connectivity index (χ2n) is 5.04. The SMILES string of the molecule is NCCC(=O)N1CCCCCC1c1ccc(Cl)cc1. The van der Waals surface area contributed by atoms with Crippen LogP contribution in [-0.2, 0) is 4.79 Å². The van der Waals surface area contributed by atoms with Gasteiger partial charge in [0.25, 0.3) is 0 Å². The van der Waals surface area contributed by atoms with Crippen molar-refractivity contribution in [2.24, 2.45) is 5.73 Å². The number of likely N-dealkylation sites (tertiary alicyclic amines) is 1. The summed E-state index contributed by atoms with van der Waals surface area (Å²) in [5.41, 5.74) is 6.69. The van der Waals surface area contributed by atoms with E-state index in [0.717, 1.165) is 24.4 Å². The summed E-state index contributed by atoms with van der Waals surface area (Å²) in [6.45, 7) is 1.26. The van der Waals surface area contributed by atoms with Crippen molar-refractivity contribution in [3.05, 3.63) is 34.9 Å². The molecule has 1 aromatic rings. The minimum Gasteiger partial charge on any atom is -0.336 e. The molecule has 4 heteroatoms. The lowest BCUT2D eigenvalue weighted by atomic mass is 10.0. The van der Waals surface area contributed by atoms with E-state index in [1.165, 1.54) is 18.4 Å². The molecule has 1 aromatic carbocycles. The highest BCUT2D eigenvalue weighted by Crippen LogP contribution is 2.31. The second kappa shape index (κ2) is 6.92. The summed E-state index contributed by atoms with van der Waals surface area (Å²) < 4.78 is 0. The Morgan fingerprint density at radius 3 is 2.68 bits per heavy atom. The number of nitrogens with zero attached hydrogens (tertiary/aromatic N) is 1. The molecule has 0 aromatic heterocycles. The van der Waals surface area contributed by atoms with Crippen LogP contribution in [0.3, 0.4) is 0 Å². The van der Waals surface area contributed by atoms with Crippen molar-refractivity contribution in [1.82, 2.24) is 4.90 Å². The average Bonchev–Trinajstić information content (AvgIpc) is 2.65. The van der Waals surface area contributed by atoms with Crippen molar-refractivity contribution in [2.45, 2.75) is 38.1 Å². The Hall–Kier alpha value is -1.06. The van der Waals surface area contributed by atoms with E-state index in [0.29, 0.717) is 13.0 Å². The van der Waals surface area contributed by atoms with E-state index in [1.54, 1.807) is 0 Å². The fourth-order valence-electron chi connectivity index (χ4n) is 2.71. The average molecular weight is 281 g/mol. The molecule has 2 rings (SSSR count). The standard InChI is InChI=1S/C15H21ClN2O/c16-13-7-5-12(6-8-13)14-4-2-1-3-11-18(14)15(19)9-10-17/h5-8,14H,1-4,9-11,17H2. The van der Waals surface area contributed by atoms with Crippen LogP contribution in [0.4, 0.5) is 0 Å². The molecule has 1 amide bonds. The first-order chi connectivity index (χ1) is 9.22. The molecule has 1 heterocycles. The maximum Gasteiger partial charge on any atom is 0.224 e. The number of hydrogen-bond donors (Lipinski definition) is 1. The largest absolute Gasteiger partial charge is 0.336 e. The molecular formula is C15H21ClN2O. The van der Waals surface area contributed by atoms with Crippen molar-refractivity contribution >= 4 is 17.5 Å². The molecule has 1 saturated heterocycles. The van der Waals surface area contributed by atoms with Crippen molar-refractivity contribution in [1.29, 1.82) is 0 Å². The third-order valence-electron chi connectivity index (χ3n) is 3.69. The van der Waals surface area contributed by atoms with Gasteiger partial charge >= 0.3 is 0 Å². The van der Waals surface area contributed by atoms with Gasteiger partial charge in [0.05, 0.1) is 6.04 Å². The zero-order valence-electron chi connectivity index (χ0n) is 11.1. The van der Waals surface area contributed by atoms with Gasteiger partial charge in [-0.25, -0.2) is 0 Å². The summed E-state index contributed by atoms with van der Waals surface area (Å²) in [6.07, 6.45) is 4.90. The van der Waals surface area contributed by atoms with E-state index in [4.69, 9.17) is 17.3 Å². The molecule has 0 radical (unpaired) electrons. The summed E-state index contributed by atoms with van der Waals surface area (Å²) in [5.74, 6) is 0.171. The lowest BCUT2D eigenvalue weighted by Gasteiger charge is -2.30. The summed E-state index contributed by atoms with van der Waals surface area (Å²) >= 11 is 5.93. The van der Waals surface area contributed by atoms with Crippen molar-refractivity contribution in [2.75, 3.05) is 13.1 Å². The topological polar surface area (TPSA) is 46.3 Å². The lowest BCUT2D eigenvalue weighted by Crippen LogP contribution is -2.35. The quantitative estimate of drug-likeness (QED) is 0.925. The maximum atomic E-state index is 12.2. The Labute approximate surface area is 119 Å². The minimum absolute atomic E-state index is 0.171. The van der Waals surface area contributed by atoms with E-state index in [1.807, 2.05) is 29.2 Å². The van der Waals surface area contributed by atoms with Crippen LogP contribution in [0.25, 0.3) is 0 Å². The van der Waals surface area contributed by atoms with Crippen LogP contribution < -0.4 is 5.73 Å². The number of rotatable bonds is 3. The first kappa shape index (κ1) is 14.4. The highest BCUT2D eigenvalue weighted by atomic mass is 35.5. The lowest BCUT2D eigenvalue weighted by molar-refractivity contribution is -0.133. The van der Waals surface area contributed by atoms with Crippen molar-refractivity contribution in [3.63, 3.8) is 0 Å². The van der Waals surface area contributed by atoms with Gasteiger partial charge in [-0.05, 0) is 30.5 Å². The summed E-state index contributed by atoms with van der Waals surface area (Å²) in [5, 5.41) is 0.734. The van der Waals surface area contributed by atoms with E-state index in [2.05, 4.69) is 0 Å². The number of carbonyl (C=O) groups excluding carboxylic acids is 1. The molecule has 3 nitrogen and oxygen atoms in total. The highest BCUT2D eigenvalue weighted by molar-refractivity contribution is 6.30. The number of halogens is 1. The van der Waals surface area contributed by atoms with Gasteiger partial charge in [-0.1, -0.05) is 36.6 Å². The van der Waals surface area contributed by atoms with Crippen LogP contribution in [0, 0.1) is 0 Å². The van der Waals surface area contributed by atoms with Gasteiger partial charge in [-0.15, -0.1) is 0 Å². The van der Waals surface area contributed by atoms with Crippen LogP contribution >= 0.6 is 11.6 Å². The molecule has 0 saturated carbocycles. The number of benzene rings is 1. The third-order valence-corrected chi connectivity index (χ3v) is 3.94. The van der Waals surface area contributed by atoms with Crippen molar-refractivity contribution in [3.8, 4) is 0 Å². The Morgan fingerprint density at radius 2 is 2.00 bits per heavy atom. The number of hydrogen-bond acceptors (Lipinski definition) is 2. The molecule has 0 spiro atoms. The second-order valence-corrected chi connectivity index (χ2v) is 5.48. The smallest absolute Gasteiger partial charge is 0.224 e. The van der Waals surface area contributed by atoms with Gasteiger partial charge in [0.15, 0.2) is 0 Å². The molecule has 104 valence electrons. The van der Waals surface area contributed by atoms with Crippen LogP contribution in [0.15, 0.2) is 24.3 Å². The molecule has 1 fully saturated rings. The Kier molecular flexibility index (Phi) is 5.23. The van der Waals surface area contributed by atoms with Crippen LogP contribution in [0.2, 0.25) is 5.02 Å². The van der Waals surface area contributed by atoms with Gasteiger partial charge < -0.3 is 10.6 Å². The summed E-state index contributed by atoms with van der Waals surface area (Å²) in [7, 11) is 0. The van der Waals surface area contributed by atoms with E-state index in [-0.39, 0.29) is 11.9 Å². The predicted octanol–water partition coefficient (Wildman–Crippen LogP) is 3.13. The molecule has 19 heavy (non-hydrogen) atoms. The van der Waals surface area contributed by atoms with E-state index >= 15 is 0 Å². The zero-order chi connectivity index (χ0) is 13.7. The van der Waals surface area contributed by atoms with Crippen LogP contribution in [-0.4, -0.2) is 23.9 Å². The minimum atomic E-state index is 0.171. The summed E-state index contributed by atoms with van der Waals surface area (Å²) in [6, 6.07) is 8.03. The molecule has 1 aliphatic heterocycles. The molecule has 1 atom stereocenters. The van der Waals surface area contributed by atoms with Gasteiger partial charge in [-0.2, -0.15) is 0 Å². The Balaban J connectivity index is 2.21. The normalized spacial score (nSPS) is 20.1. The van der Waals surface area contributed by atoms with Crippen LogP contribution in [0.1, 0.15) is 43.7 Å². The van der Waals surface area contributed by atoms with Crippen molar-refractivity contribution < 1.29 is 4.79 Å². The number of amides is 1. The predicted molar refractivity (Wildman–Crippen MR) is 78.0 cm³/mol. The summed E-state index contributed by atoms with van der Waals surface area (Å²) in [4.78, 5) is 14.2. The molecule has 1 unspecified atom stereocenters. The van der Waals surface area contributed by atoms with Gasteiger partial charge in [0.2, 0.25) is 5.91 Å². The van der Waals surface area contributed by atoms with E-state index in [9.17, 15) is 4.79 Å². The van der Waals surface area contributed by atoms with Gasteiger partial charge in [-0.3, -0.25) is 4.79 Å². The first-order valence-corrected chi connectivity index (χ1v) is 7.35. The Morgan fingerprint density at radius 1 is 1.26 bits per heavy atom.